The van der Waals surface area contributed by atoms with E-state index in [0.717, 1.165) is 31.4 Å². The van der Waals surface area contributed by atoms with Gasteiger partial charge in [0.15, 0.2) is 0 Å². The van der Waals surface area contributed by atoms with E-state index in [-0.39, 0.29) is 4.90 Å². The quantitative estimate of drug-likeness (QED) is 0.148. The van der Waals surface area contributed by atoms with Gasteiger partial charge in [0, 0.05) is 5.56 Å². The van der Waals surface area contributed by atoms with Gasteiger partial charge in [-0.3, -0.25) is 9.10 Å². The molecule has 5 aromatic rings. The zero-order chi connectivity index (χ0) is 27.2. The van der Waals surface area contributed by atoms with E-state index in [1.165, 1.54) is 12.1 Å². The highest BCUT2D eigenvalue weighted by Gasteiger charge is 2.27. The molecule has 196 valence electrons. The van der Waals surface area contributed by atoms with Crippen LogP contribution in [0.15, 0.2) is 119 Å². The summed E-state index contributed by atoms with van der Waals surface area (Å²) in [6.45, 7) is 1.87. The van der Waals surface area contributed by atoms with Crippen molar-refractivity contribution in [1.82, 2.24) is 5.43 Å². The number of hydrogen-bond donors (Lipinski definition) is 1. The van der Waals surface area contributed by atoms with Crippen LogP contribution < -0.4 is 14.5 Å². The Morgan fingerprint density at radius 3 is 2.05 bits per heavy atom. The van der Waals surface area contributed by atoms with Crippen molar-refractivity contribution in [3.8, 4) is 5.75 Å². The fourth-order valence-electron chi connectivity index (χ4n) is 4.43. The summed E-state index contributed by atoms with van der Waals surface area (Å²) in [6, 6.07) is 32.7. The molecule has 5 aromatic carbocycles. The number of rotatable bonds is 9. The minimum Gasteiger partial charge on any atom is -0.494 e. The number of fused-ring (bicyclic) bond motifs is 2. The summed E-state index contributed by atoms with van der Waals surface area (Å²) in [7, 11) is -4.05. The fraction of sp³-hybridized carbons (Fsp3) is 0.0968. The Morgan fingerprint density at radius 1 is 0.846 bits per heavy atom. The summed E-state index contributed by atoms with van der Waals surface area (Å²) in [5, 5.41) is 8.32. The van der Waals surface area contributed by atoms with Crippen molar-refractivity contribution in [3.05, 3.63) is 115 Å². The van der Waals surface area contributed by atoms with Gasteiger partial charge in [0.2, 0.25) is 0 Å². The second kappa shape index (κ2) is 11.4. The largest absolute Gasteiger partial charge is 0.494 e. The van der Waals surface area contributed by atoms with Crippen LogP contribution in [0.1, 0.15) is 12.5 Å². The van der Waals surface area contributed by atoms with E-state index >= 15 is 0 Å². The minimum atomic E-state index is -4.05. The topological polar surface area (TPSA) is 88.1 Å². The molecule has 0 heterocycles. The molecule has 8 heteroatoms. The molecule has 1 N–H and O–H groups in total. The van der Waals surface area contributed by atoms with Gasteiger partial charge >= 0.3 is 0 Å². The van der Waals surface area contributed by atoms with Gasteiger partial charge in [-0.2, -0.15) is 5.10 Å². The van der Waals surface area contributed by atoms with Crippen molar-refractivity contribution in [2.75, 3.05) is 17.5 Å². The highest BCUT2D eigenvalue weighted by Crippen LogP contribution is 2.28. The number of carbonyl (C=O) groups is 1. The summed E-state index contributed by atoms with van der Waals surface area (Å²) in [6.07, 6.45) is 1.61. The van der Waals surface area contributed by atoms with Crippen LogP contribution in [0.4, 0.5) is 5.69 Å². The van der Waals surface area contributed by atoms with Crippen molar-refractivity contribution in [2.24, 2.45) is 5.10 Å². The van der Waals surface area contributed by atoms with Gasteiger partial charge < -0.3 is 4.74 Å². The minimum absolute atomic E-state index is 0.0494. The molecule has 0 unspecified atom stereocenters. The van der Waals surface area contributed by atoms with Gasteiger partial charge in [0.25, 0.3) is 15.9 Å². The lowest BCUT2D eigenvalue weighted by Crippen LogP contribution is -2.39. The first kappa shape index (κ1) is 25.9. The van der Waals surface area contributed by atoms with Crippen molar-refractivity contribution >= 4 is 49.4 Å². The number of ether oxygens (including phenoxy) is 1. The Morgan fingerprint density at radius 2 is 1.44 bits per heavy atom. The lowest BCUT2D eigenvalue weighted by molar-refractivity contribution is -0.119. The Balaban J connectivity index is 1.41. The number of para-hydroxylation sites is 1. The van der Waals surface area contributed by atoms with E-state index < -0.39 is 22.5 Å². The third kappa shape index (κ3) is 5.61. The first-order valence-electron chi connectivity index (χ1n) is 12.5. The first-order chi connectivity index (χ1) is 19.0. The second-order valence-corrected chi connectivity index (χ2v) is 10.6. The Bertz CT molecular complexity index is 1700. The molecule has 0 saturated carbocycles. The average Bonchev–Trinajstić information content (AvgIpc) is 2.96. The van der Waals surface area contributed by atoms with Gasteiger partial charge in [0.05, 0.1) is 23.4 Å². The number of nitrogens with zero attached hydrogens (tertiary/aromatic N) is 2. The molecule has 0 aromatic heterocycles. The molecule has 1 amide bonds. The zero-order valence-electron chi connectivity index (χ0n) is 21.3. The van der Waals surface area contributed by atoms with E-state index in [1.807, 2.05) is 55.5 Å². The smallest absolute Gasteiger partial charge is 0.264 e. The van der Waals surface area contributed by atoms with E-state index in [0.29, 0.717) is 18.0 Å². The second-order valence-electron chi connectivity index (χ2n) is 8.78. The highest BCUT2D eigenvalue weighted by molar-refractivity contribution is 7.92. The molecule has 7 nitrogen and oxygen atoms in total. The number of amides is 1. The molecule has 0 aliphatic heterocycles. The number of nitrogens with one attached hydrogen (secondary N) is 1. The summed E-state index contributed by atoms with van der Waals surface area (Å²) in [5.41, 5.74) is 3.75. The Labute approximate surface area is 227 Å². The number of carbonyl (C=O) groups excluding carboxylic acids is 1. The molecule has 0 aliphatic rings. The maximum atomic E-state index is 13.6. The molecule has 0 aliphatic carbocycles. The van der Waals surface area contributed by atoms with Crippen molar-refractivity contribution in [2.45, 2.75) is 11.8 Å². The summed E-state index contributed by atoms with van der Waals surface area (Å²) in [4.78, 5) is 13.1. The third-order valence-corrected chi connectivity index (χ3v) is 8.04. The van der Waals surface area contributed by atoms with Gasteiger partial charge in [-0.15, -0.1) is 0 Å². The van der Waals surface area contributed by atoms with Crippen molar-refractivity contribution in [1.29, 1.82) is 0 Å². The normalized spacial score (nSPS) is 11.6. The molecule has 0 atom stereocenters. The standard InChI is InChI=1S/C31H27N3O4S/c1-2-38-26-16-18-27(19-17-26)39(36,37)34(25-12-4-3-5-13-25)22-31(35)33-32-21-30-28-14-8-6-10-23(28)20-24-11-7-9-15-29(24)30/h3-21H,2,22H2,1H3,(H,33,35)/b32-21-. The molecule has 0 spiro atoms. The first-order valence-corrected chi connectivity index (χ1v) is 13.9. The van der Waals surface area contributed by atoms with E-state index in [9.17, 15) is 13.2 Å². The maximum absolute atomic E-state index is 13.6. The molecule has 0 fully saturated rings. The number of anilines is 1. The fourth-order valence-corrected chi connectivity index (χ4v) is 5.85. The van der Waals surface area contributed by atoms with Gasteiger partial charge in [-0.25, -0.2) is 13.8 Å². The summed E-state index contributed by atoms with van der Waals surface area (Å²) >= 11 is 0. The maximum Gasteiger partial charge on any atom is 0.264 e. The van der Waals surface area contributed by atoms with Gasteiger partial charge in [-0.1, -0.05) is 66.7 Å². The molecule has 0 bridgehead atoms. The van der Waals surface area contributed by atoms with Crippen LogP contribution >= 0.6 is 0 Å². The monoisotopic (exact) mass is 537 g/mol. The predicted molar refractivity (Wildman–Crippen MR) is 156 cm³/mol. The van der Waals surface area contributed by atoms with Crippen LogP contribution in [0.25, 0.3) is 21.5 Å². The van der Waals surface area contributed by atoms with Crippen molar-refractivity contribution < 1.29 is 17.9 Å². The van der Waals surface area contributed by atoms with Crippen LogP contribution in [0, 0.1) is 0 Å². The van der Waals surface area contributed by atoms with Gasteiger partial charge in [-0.05, 0) is 70.9 Å². The van der Waals surface area contributed by atoms with Crippen LogP contribution in [-0.2, 0) is 14.8 Å². The molecule has 0 radical (unpaired) electrons. The van der Waals surface area contributed by atoms with Crippen molar-refractivity contribution in [3.63, 3.8) is 0 Å². The van der Waals surface area contributed by atoms with Crippen LogP contribution in [-0.4, -0.2) is 33.7 Å². The van der Waals surface area contributed by atoms with E-state index in [1.54, 1.807) is 48.7 Å². The van der Waals surface area contributed by atoms with E-state index in [2.05, 4.69) is 16.6 Å². The molecule has 0 saturated heterocycles. The Hall–Kier alpha value is -4.69. The SMILES string of the molecule is CCOc1ccc(S(=O)(=O)N(CC(=O)N/N=C\c2c3ccccc3cc3ccccc23)c2ccccc2)cc1. The van der Waals surface area contributed by atoms with Crippen LogP contribution in [0.3, 0.4) is 0 Å². The van der Waals surface area contributed by atoms with E-state index in [4.69, 9.17) is 4.74 Å². The van der Waals surface area contributed by atoms with Gasteiger partial charge in [0.1, 0.15) is 12.3 Å². The molecular weight excluding hydrogens is 510 g/mol. The zero-order valence-corrected chi connectivity index (χ0v) is 22.1. The lowest BCUT2D eigenvalue weighted by atomic mass is 9.97. The molecule has 39 heavy (non-hydrogen) atoms. The number of hydrazone groups is 1. The average molecular weight is 538 g/mol. The number of hydrogen-bond acceptors (Lipinski definition) is 5. The summed E-state index contributed by atoms with van der Waals surface area (Å²) < 4.78 is 33.7. The summed E-state index contributed by atoms with van der Waals surface area (Å²) in [5.74, 6) is -0.00934. The molecule has 5 rings (SSSR count). The Kier molecular flexibility index (Phi) is 7.56. The van der Waals surface area contributed by atoms with Crippen LogP contribution in [0.5, 0.6) is 5.75 Å². The van der Waals surface area contributed by atoms with Crippen LogP contribution in [0.2, 0.25) is 0 Å². The lowest BCUT2D eigenvalue weighted by Gasteiger charge is -2.23. The number of benzene rings is 5. The highest BCUT2D eigenvalue weighted by atomic mass is 32.2. The third-order valence-electron chi connectivity index (χ3n) is 6.25. The number of sulfonamides is 1. The molecular formula is C31H27N3O4S. The predicted octanol–water partition coefficient (Wildman–Crippen LogP) is 5.74.